The topological polar surface area (TPSA) is 87.7 Å². The van der Waals surface area contributed by atoms with Crippen LogP contribution in [0.4, 0.5) is 10.8 Å². The number of likely N-dealkylation sites (tertiary alicyclic amines) is 2. The average molecular weight is 490 g/mol. The first kappa shape index (κ1) is 23.8. The van der Waals surface area contributed by atoms with Crippen molar-refractivity contribution >= 4 is 45.7 Å². The van der Waals surface area contributed by atoms with Crippen LogP contribution in [0.5, 0.6) is 5.75 Å². The molecule has 8 nitrogen and oxygen atoms in total. The maximum absolute atomic E-state index is 12.9. The molecule has 2 aliphatic heterocycles. The summed E-state index contributed by atoms with van der Waals surface area (Å²) in [4.78, 5) is 29.5. The number of methoxy groups -OCH3 is 1. The van der Waals surface area contributed by atoms with Crippen LogP contribution in [0.1, 0.15) is 38.5 Å². The van der Waals surface area contributed by atoms with E-state index in [-0.39, 0.29) is 11.8 Å². The fourth-order valence-electron chi connectivity index (χ4n) is 4.28. The van der Waals surface area contributed by atoms with E-state index in [1.54, 1.807) is 7.11 Å². The van der Waals surface area contributed by atoms with Crippen LogP contribution in [0.15, 0.2) is 28.6 Å². The standard InChI is InChI=1S/C23H31N5O3S2/c1-31-19-8-6-7-18(15-19)24-22-25-26-23(33-22)32-16-20(29)27-13-9-17(10-14-27)21(30)28-11-4-2-3-5-12-28/h6-8,15,17H,2-5,9-14,16H2,1H3,(H,24,25). The van der Waals surface area contributed by atoms with E-state index in [1.165, 1.54) is 35.9 Å². The van der Waals surface area contributed by atoms with Crippen molar-refractivity contribution in [3.05, 3.63) is 24.3 Å². The van der Waals surface area contributed by atoms with Gasteiger partial charge in [0, 0.05) is 43.9 Å². The van der Waals surface area contributed by atoms with Crippen molar-refractivity contribution in [1.29, 1.82) is 0 Å². The summed E-state index contributed by atoms with van der Waals surface area (Å²) < 4.78 is 5.99. The molecule has 0 unspecified atom stereocenters. The number of hydrogen-bond acceptors (Lipinski definition) is 8. The molecule has 0 radical (unpaired) electrons. The molecule has 2 amide bonds. The third-order valence-corrected chi connectivity index (χ3v) is 8.12. The summed E-state index contributed by atoms with van der Waals surface area (Å²) in [6.07, 6.45) is 6.20. The minimum Gasteiger partial charge on any atom is -0.497 e. The van der Waals surface area contributed by atoms with Crippen LogP contribution in [-0.2, 0) is 9.59 Å². The monoisotopic (exact) mass is 489 g/mol. The normalized spacial score (nSPS) is 17.5. The summed E-state index contributed by atoms with van der Waals surface area (Å²) in [7, 11) is 1.63. The molecule has 33 heavy (non-hydrogen) atoms. The van der Waals surface area contributed by atoms with E-state index in [9.17, 15) is 9.59 Å². The fraction of sp³-hybridized carbons (Fsp3) is 0.565. The molecule has 178 valence electrons. The van der Waals surface area contributed by atoms with Gasteiger partial charge in [0.1, 0.15) is 5.75 Å². The predicted molar refractivity (Wildman–Crippen MR) is 131 cm³/mol. The predicted octanol–water partition coefficient (Wildman–Crippen LogP) is 4.02. The van der Waals surface area contributed by atoms with Crippen molar-refractivity contribution in [2.45, 2.75) is 42.9 Å². The first-order valence-corrected chi connectivity index (χ1v) is 13.4. The van der Waals surface area contributed by atoms with Gasteiger partial charge in [0.05, 0.1) is 12.9 Å². The number of benzene rings is 1. The molecule has 2 saturated heterocycles. The minimum absolute atomic E-state index is 0.0632. The van der Waals surface area contributed by atoms with Gasteiger partial charge >= 0.3 is 0 Å². The third-order valence-electron chi connectivity index (χ3n) is 6.16. The molecule has 4 rings (SSSR count). The molecule has 10 heteroatoms. The highest BCUT2D eigenvalue weighted by atomic mass is 32.2. The van der Waals surface area contributed by atoms with Crippen LogP contribution in [0.25, 0.3) is 0 Å². The summed E-state index contributed by atoms with van der Waals surface area (Å²) in [5.41, 5.74) is 0.871. The molecular weight excluding hydrogens is 458 g/mol. The van der Waals surface area contributed by atoms with Gasteiger partial charge in [-0.15, -0.1) is 10.2 Å². The van der Waals surface area contributed by atoms with Crippen LogP contribution < -0.4 is 10.1 Å². The van der Waals surface area contributed by atoms with Gasteiger partial charge in [-0.3, -0.25) is 9.59 Å². The molecule has 2 aliphatic rings. The minimum atomic E-state index is 0.0632. The van der Waals surface area contributed by atoms with Gasteiger partial charge in [-0.2, -0.15) is 0 Å². The van der Waals surface area contributed by atoms with Crippen LogP contribution in [0, 0.1) is 5.92 Å². The average Bonchev–Trinajstić information content (AvgIpc) is 3.12. The summed E-state index contributed by atoms with van der Waals surface area (Å²) in [6, 6.07) is 7.60. The molecule has 2 fully saturated rings. The molecule has 3 heterocycles. The zero-order chi connectivity index (χ0) is 23.0. The second-order valence-corrected chi connectivity index (χ2v) is 10.6. The molecule has 0 spiro atoms. The Kier molecular flexibility index (Phi) is 8.44. The van der Waals surface area contributed by atoms with Gasteiger partial charge in [-0.05, 0) is 37.8 Å². The number of rotatable bonds is 7. The number of ether oxygens (including phenoxy) is 1. The smallest absolute Gasteiger partial charge is 0.233 e. The Balaban J connectivity index is 1.21. The van der Waals surface area contributed by atoms with Gasteiger partial charge in [0.15, 0.2) is 4.34 Å². The van der Waals surface area contributed by atoms with Crippen LogP contribution in [0.3, 0.4) is 0 Å². The Morgan fingerprint density at radius 2 is 1.85 bits per heavy atom. The number of aromatic nitrogens is 2. The largest absolute Gasteiger partial charge is 0.497 e. The van der Waals surface area contributed by atoms with E-state index in [2.05, 4.69) is 20.4 Å². The summed E-state index contributed by atoms with van der Waals surface area (Å²) in [5.74, 6) is 1.55. The number of nitrogens with zero attached hydrogens (tertiary/aromatic N) is 4. The van der Waals surface area contributed by atoms with Gasteiger partial charge in [-0.1, -0.05) is 42.0 Å². The Labute approximate surface area is 203 Å². The van der Waals surface area contributed by atoms with Crippen LogP contribution >= 0.6 is 23.1 Å². The fourth-order valence-corrected chi connectivity index (χ4v) is 5.96. The van der Waals surface area contributed by atoms with Gasteiger partial charge in [0.2, 0.25) is 16.9 Å². The maximum atomic E-state index is 12.9. The lowest BCUT2D eigenvalue weighted by atomic mass is 9.95. The van der Waals surface area contributed by atoms with E-state index in [1.807, 2.05) is 29.2 Å². The lowest BCUT2D eigenvalue weighted by Crippen LogP contribution is -2.45. The SMILES string of the molecule is COc1cccc(Nc2nnc(SCC(=O)N3CCC(C(=O)N4CCCCCC4)CC3)s2)c1. The number of amides is 2. The number of nitrogens with one attached hydrogen (secondary N) is 1. The molecule has 1 N–H and O–H groups in total. The zero-order valence-electron chi connectivity index (χ0n) is 19.0. The quantitative estimate of drug-likeness (QED) is 0.588. The molecular formula is C23H31N5O3S2. The lowest BCUT2D eigenvalue weighted by Gasteiger charge is -2.34. The first-order valence-electron chi connectivity index (χ1n) is 11.6. The highest BCUT2D eigenvalue weighted by molar-refractivity contribution is 8.01. The van der Waals surface area contributed by atoms with Crippen molar-refractivity contribution < 1.29 is 14.3 Å². The van der Waals surface area contributed by atoms with E-state index >= 15 is 0 Å². The van der Waals surface area contributed by atoms with Crippen LogP contribution in [-0.4, -0.2) is 70.9 Å². The van der Waals surface area contributed by atoms with E-state index in [4.69, 9.17) is 4.74 Å². The van der Waals surface area contributed by atoms with Crippen molar-refractivity contribution in [2.24, 2.45) is 5.92 Å². The van der Waals surface area contributed by atoms with Crippen molar-refractivity contribution in [3.8, 4) is 5.75 Å². The number of piperidine rings is 1. The number of thioether (sulfide) groups is 1. The summed E-state index contributed by atoms with van der Waals surface area (Å²) in [6.45, 7) is 3.10. The first-order chi connectivity index (χ1) is 16.1. The van der Waals surface area contributed by atoms with Gasteiger partial charge in [-0.25, -0.2) is 0 Å². The highest BCUT2D eigenvalue weighted by Crippen LogP contribution is 2.29. The second kappa shape index (κ2) is 11.7. The van der Waals surface area contributed by atoms with E-state index in [0.29, 0.717) is 29.9 Å². The Morgan fingerprint density at radius 1 is 1.09 bits per heavy atom. The van der Waals surface area contributed by atoms with Crippen LogP contribution in [0.2, 0.25) is 0 Å². The van der Waals surface area contributed by atoms with Crippen molar-refractivity contribution in [2.75, 3.05) is 44.4 Å². The van der Waals surface area contributed by atoms with Gasteiger partial charge in [0.25, 0.3) is 0 Å². The number of anilines is 2. The summed E-state index contributed by atoms with van der Waals surface area (Å²) >= 11 is 2.83. The maximum Gasteiger partial charge on any atom is 0.233 e. The zero-order valence-corrected chi connectivity index (χ0v) is 20.6. The molecule has 0 bridgehead atoms. The third kappa shape index (κ3) is 6.60. The lowest BCUT2D eigenvalue weighted by molar-refractivity contribution is -0.139. The second-order valence-electron chi connectivity index (χ2n) is 8.41. The molecule has 1 aromatic carbocycles. The number of carbonyl (C=O) groups excluding carboxylic acids is 2. The summed E-state index contributed by atoms with van der Waals surface area (Å²) in [5, 5.41) is 12.2. The molecule has 1 aromatic heterocycles. The molecule has 0 aliphatic carbocycles. The van der Waals surface area contributed by atoms with Crippen molar-refractivity contribution in [1.82, 2.24) is 20.0 Å². The van der Waals surface area contributed by atoms with E-state index < -0.39 is 0 Å². The number of carbonyl (C=O) groups is 2. The molecule has 0 saturated carbocycles. The van der Waals surface area contributed by atoms with Gasteiger partial charge < -0.3 is 19.9 Å². The number of hydrogen-bond donors (Lipinski definition) is 1. The Bertz CT molecular complexity index is 938. The van der Waals surface area contributed by atoms with Crippen molar-refractivity contribution in [3.63, 3.8) is 0 Å². The Hall–Kier alpha value is -2.33. The Morgan fingerprint density at radius 3 is 2.58 bits per heavy atom. The molecule has 2 aromatic rings. The molecule has 0 atom stereocenters. The highest BCUT2D eigenvalue weighted by Gasteiger charge is 2.30. The van der Waals surface area contributed by atoms with E-state index in [0.717, 1.165) is 54.5 Å².